The number of carbonyl (C=O) groups is 1. The van der Waals surface area contributed by atoms with Gasteiger partial charge in [-0.05, 0) is 61.6 Å². The average Bonchev–Trinajstić information content (AvgIpc) is 2.85. The number of carbonyl (C=O) groups excluding carboxylic acids is 1. The second-order valence-electron chi connectivity index (χ2n) is 7.11. The van der Waals surface area contributed by atoms with Gasteiger partial charge in [-0.15, -0.1) is 0 Å². The van der Waals surface area contributed by atoms with Crippen molar-refractivity contribution in [3.05, 3.63) is 52.3 Å². The molecule has 0 saturated heterocycles. The van der Waals surface area contributed by atoms with Crippen molar-refractivity contribution >= 4 is 5.91 Å². The standard InChI is InChI=1S/C20H25N3O/c24-20(16-11-10-14-6-4-5-7-15(14)12-16)21-13-19-17-8-2-1-3-9-18(17)22-23-19/h4-7,16H,1-3,8-13H2,(H,21,24)(H,22,23)/t16-/m0/s1. The van der Waals surface area contributed by atoms with Crippen LogP contribution in [0.1, 0.15) is 53.8 Å². The number of aryl methyl sites for hydroxylation is 2. The van der Waals surface area contributed by atoms with Crippen LogP contribution in [0.15, 0.2) is 24.3 Å². The Bertz CT molecular complexity index is 734. The van der Waals surface area contributed by atoms with E-state index < -0.39 is 0 Å². The molecule has 24 heavy (non-hydrogen) atoms. The Labute approximate surface area is 143 Å². The molecule has 4 rings (SSSR count). The van der Waals surface area contributed by atoms with Crippen LogP contribution in [0.2, 0.25) is 0 Å². The molecule has 2 aromatic rings. The Hall–Kier alpha value is -2.10. The highest BCUT2D eigenvalue weighted by molar-refractivity contribution is 5.79. The van der Waals surface area contributed by atoms with Crippen LogP contribution in [-0.2, 0) is 37.0 Å². The van der Waals surface area contributed by atoms with Gasteiger partial charge in [0.2, 0.25) is 5.91 Å². The average molecular weight is 323 g/mol. The van der Waals surface area contributed by atoms with E-state index >= 15 is 0 Å². The number of hydrogen-bond donors (Lipinski definition) is 2. The van der Waals surface area contributed by atoms with Crippen molar-refractivity contribution in [1.29, 1.82) is 0 Å². The van der Waals surface area contributed by atoms with E-state index in [0.717, 1.165) is 37.8 Å². The van der Waals surface area contributed by atoms with Gasteiger partial charge in [-0.25, -0.2) is 0 Å². The predicted molar refractivity (Wildman–Crippen MR) is 93.7 cm³/mol. The van der Waals surface area contributed by atoms with E-state index in [-0.39, 0.29) is 11.8 Å². The summed E-state index contributed by atoms with van der Waals surface area (Å²) in [5.41, 5.74) is 6.40. The molecule has 1 amide bonds. The topological polar surface area (TPSA) is 57.8 Å². The van der Waals surface area contributed by atoms with Gasteiger partial charge in [0.1, 0.15) is 0 Å². The summed E-state index contributed by atoms with van der Waals surface area (Å²) in [4.78, 5) is 12.6. The Morgan fingerprint density at radius 1 is 1.12 bits per heavy atom. The van der Waals surface area contributed by atoms with E-state index in [4.69, 9.17) is 0 Å². The predicted octanol–water partition coefficient (Wildman–Crippen LogP) is 3.10. The Morgan fingerprint density at radius 3 is 2.88 bits per heavy atom. The van der Waals surface area contributed by atoms with Crippen molar-refractivity contribution in [3.8, 4) is 0 Å². The molecular weight excluding hydrogens is 298 g/mol. The van der Waals surface area contributed by atoms with Gasteiger partial charge in [0.15, 0.2) is 0 Å². The molecule has 0 spiro atoms. The lowest BCUT2D eigenvalue weighted by Crippen LogP contribution is -2.34. The largest absolute Gasteiger partial charge is 0.350 e. The quantitative estimate of drug-likeness (QED) is 0.853. The van der Waals surface area contributed by atoms with Crippen LogP contribution in [-0.4, -0.2) is 16.1 Å². The number of amides is 1. The zero-order valence-corrected chi connectivity index (χ0v) is 14.1. The maximum atomic E-state index is 12.6. The van der Waals surface area contributed by atoms with E-state index in [9.17, 15) is 4.79 Å². The molecule has 1 atom stereocenters. The highest BCUT2D eigenvalue weighted by Crippen LogP contribution is 2.26. The van der Waals surface area contributed by atoms with E-state index in [0.29, 0.717) is 6.54 Å². The van der Waals surface area contributed by atoms with Gasteiger partial charge in [0, 0.05) is 11.6 Å². The minimum absolute atomic E-state index is 0.0949. The summed E-state index contributed by atoms with van der Waals surface area (Å²) < 4.78 is 0. The van der Waals surface area contributed by atoms with Crippen LogP contribution in [0.3, 0.4) is 0 Å². The first kappa shape index (κ1) is 15.4. The third kappa shape index (κ3) is 3.10. The summed E-state index contributed by atoms with van der Waals surface area (Å²) >= 11 is 0. The zero-order valence-electron chi connectivity index (χ0n) is 14.1. The van der Waals surface area contributed by atoms with Gasteiger partial charge in [0.25, 0.3) is 0 Å². The number of benzene rings is 1. The van der Waals surface area contributed by atoms with Crippen molar-refractivity contribution in [3.63, 3.8) is 0 Å². The fourth-order valence-corrected chi connectivity index (χ4v) is 4.11. The van der Waals surface area contributed by atoms with Crippen molar-refractivity contribution in [2.75, 3.05) is 0 Å². The summed E-state index contributed by atoms with van der Waals surface area (Å²) in [5, 5.41) is 10.8. The molecular formula is C20H25N3O. The SMILES string of the molecule is O=C(NCc1n[nH]c2c1CCCCC2)[C@H]1CCc2ccccc2C1. The van der Waals surface area contributed by atoms with Crippen molar-refractivity contribution in [1.82, 2.24) is 15.5 Å². The maximum absolute atomic E-state index is 12.6. The number of rotatable bonds is 3. The molecule has 1 aromatic carbocycles. The maximum Gasteiger partial charge on any atom is 0.223 e. The fraction of sp³-hybridized carbons (Fsp3) is 0.500. The summed E-state index contributed by atoms with van der Waals surface area (Å²) in [7, 11) is 0. The first-order chi connectivity index (χ1) is 11.8. The zero-order chi connectivity index (χ0) is 16.4. The highest BCUT2D eigenvalue weighted by Gasteiger charge is 2.25. The normalized spacial score (nSPS) is 19.9. The Kier molecular flexibility index (Phi) is 4.37. The van der Waals surface area contributed by atoms with E-state index in [2.05, 4.69) is 39.8 Å². The molecule has 2 aliphatic rings. The van der Waals surface area contributed by atoms with Crippen LogP contribution in [0.5, 0.6) is 0 Å². The molecule has 0 saturated carbocycles. The molecule has 0 fully saturated rings. The lowest BCUT2D eigenvalue weighted by Gasteiger charge is -2.23. The summed E-state index contributed by atoms with van der Waals surface area (Å²) in [6.45, 7) is 0.558. The molecule has 2 aliphatic carbocycles. The molecule has 126 valence electrons. The van der Waals surface area contributed by atoms with E-state index in [1.807, 2.05) is 0 Å². The van der Waals surface area contributed by atoms with Crippen molar-refractivity contribution in [2.24, 2.45) is 5.92 Å². The molecule has 1 aromatic heterocycles. The Balaban J connectivity index is 1.38. The smallest absolute Gasteiger partial charge is 0.223 e. The second kappa shape index (κ2) is 6.80. The number of nitrogens with zero attached hydrogens (tertiary/aromatic N) is 1. The number of nitrogens with one attached hydrogen (secondary N) is 2. The molecule has 1 heterocycles. The van der Waals surface area contributed by atoms with Crippen LogP contribution < -0.4 is 5.32 Å². The lowest BCUT2D eigenvalue weighted by molar-refractivity contribution is -0.125. The molecule has 4 nitrogen and oxygen atoms in total. The molecule has 2 N–H and O–H groups in total. The second-order valence-corrected chi connectivity index (χ2v) is 7.11. The highest BCUT2D eigenvalue weighted by atomic mass is 16.1. The van der Waals surface area contributed by atoms with Gasteiger partial charge in [-0.2, -0.15) is 5.10 Å². The minimum atomic E-state index is 0.0949. The third-order valence-corrected chi connectivity index (χ3v) is 5.54. The summed E-state index contributed by atoms with van der Waals surface area (Å²) in [6.07, 6.45) is 8.75. The lowest BCUT2D eigenvalue weighted by atomic mass is 9.83. The minimum Gasteiger partial charge on any atom is -0.350 e. The number of hydrogen-bond acceptors (Lipinski definition) is 2. The number of aromatic nitrogens is 2. The molecule has 4 heteroatoms. The Morgan fingerprint density at radius 2 is 1.96 bits per heavy atom. The molecule has 0 unspecified atom stereocenters. The van der Waals surface area contributed by atoms with Crippen LogP contribution in [0.4, 0.5) is 0 Å². The van der Waals surface area contributed by atoms with Gasteiger partial charge in [-0.3, -0.25) is 9.89 Å². The first-order valence-electron chi connectivity index (χ1n) is 9.21. The molecule has 0 bridgehead atoms. The van der Waals surface area contributed by atoms with E-state index in [1.165, 1.54) is 41.6 Å². The number of aromatic amines is 1. The van der Waals surface area contributed by atoms with Crippen LogP contribution >= 0.6 is 0 Å². The summed E-state index contributed by atoms with van der Waals surface area (Å²) in [5.74, 6) is 0.271. The van der Waals surface area contributed by atoms with Crippen molar-refractivity contribution in [2.45, 2.75) is 57.9 Å². The number of fused-ring (bicyclic) bond motifs is 2. The van der Waals surface area contributed by atoms with Gasteiger partial charge in [0.05, 0.1) is 12.2 Å². The van der Waals surface area contributed by atoms with E-state index in [1.54, 1.807) is 0 Å². The van der Waals surface area contributed by atoms with Crippen LogP contribution in [0, 0.1) is 5.92 Å². The van der Waals surface area contributed by atoms with Gasteiger partial charge in [-0.1, -0.05) is 30.7 Å². The first-order valence-corrected chi connectivity index (χ1v) is 9.21. The van der Waals surface area contributed by atoms with Crippen LogP contribution in [0.25, 0.3) is 0 Å². The van der Waals surface area contributed by atoms with Crippen molar-refractivity contribution < 1.29 is 4.79 Å². The third-order valence-electron chi connectivity index (χ3n) is 5.54. The fourth-order valence-electron chi connectivity index (χ4n) is 4.11. The number of H-pyrrole nitrogens is 1. The monoisotopic (exact) mass is 323 g/mol. The van der Waals surface area contributed by atoms with Gasteiger partial charge < -0.3 is 5.32 Å². The molecule has 0 aliphatic heterocycles. The summed E-state index contributed by atoms with van der Waals surface area (Å²) in [6, 6.07) is 8.49. The molecule has 0 radical (unpaired) electrons. The van der Waals surface area contributed by atoms with Gasteiger partial charge >= 0.3 is 0 Å².